The molecule has 1 saturated carbocycles. The summed E-state index contributed by atoms with van der Waals surface area (Å²) in [6.07, 6.45) is 6.45. The van der Waals surface area contributed by atoms with Crippen LogP contribution in [-0.4, -0.2) is 4.98 Å². The molecular formula is C15H18N2S. The maximum Gasteiger partial charge on any atom is 0.0448 e. The van der Waals surface area contributed by atoms with E-state index >= 15 is 0 Å². The standard InChI is InChI=1S/C15H18N2S/c1-11(12-6-8-16-9-7-12)17-15(13-4-5-13)14-3-2-10-18-14/h2-3,6-11,13,15,17H,4-5H2,1H3/t11-,15?/m0/s1. The van der Waals surface area contributed by atoms with Gasteiger partial charge in [-0.1, -0.05) is 6.07 Å². The topological polar surface area (TPSA) is 24.9 Å². The lowest BCUT2D eigenvalue weighted by Gasteiger charge is -2.22. The van der Waals surface area contributed by atoms with Crippen LogP contribution in [0.15, 0.2) is 42.0 Å². The van der Waals surface area contributed by atoms with Crippen molar-refractivity contribution in [3.8, 4) is 0 Å². The van der Waals surface area contributed by atoms with E-state index in [1.807, 2.05) is 23.7 Å². The maximum absolute atomic E-state index is 4.08. The molecule has 2 nitrogen and oxygen atoms in total. The van der Waals surface area contributed by atoms with Gasteiger partial charge in [-0.3, -0.25) is 4.98 Å². The molecular weight excluding hydrogens is 240 g/mol. The van der Waals surface area contributed by atoms with E-state index in [0.717, 1.165) is 5.92 Å². The van der Waals surface area contributed by atoms with Gasteiger partial charge in [0.25, 0.3) is 0 Å². The monoisotopic (exact) mass is 258 g/mol. The Bertz CT molecular complexity index is 476. The summed E-state index contributed by atoms with van der Waals surface area (Å²) in [5, 5.41) is 5.95. The first kappa shape index (κ1) is 11.9. The minimum Gasteiger partial charge on any atom is -0.302 e. The van der Waals surface area contributed by atoms with Gasteiger partial charge in [-0.15, -0.1) is 11.3 Å². The first-order valence-corrected chi connectivity index (χ1v) is 7.42. The van der Waals surface area contributed by atoms with Crippen molar-refractivity contribution in [1.29, 1.82) is 0 Å². The molecule has 3 rings (SSSR count). The fourth-order valence-electron chi connectivity index (χ4n) is 2.37. The molecule has 0 aromatic carbocycles. The third-order valence-electron chi connectivity index (χ3n) is 3.58. The molecule has 1 N–H and O–H groups in total. The van der Waals surface area contributed by atoms with E-state index < -0.39 is 0 Å². The van der Waals surface area contributed by atoms with Crippen LogP contribution in [-0.2, 0) is 0 Å². The Morgan fingerprint density at radius 1 is 1.28 bits per heavy atom. The van der Waals surface area contributed by atoms with Crippen LogP contribution >= 0.6 is 11.3 Å². The molecule has 0 spiro atoms. The molecule has 3 heteroatoms. The largest absolute Gasteiger partial charge is 0.302 e. The van der Waals surface area contributed by atoms with Gasteiger partial charge < -0.3 is 5.32 Å². The molecule has 1 aliphatic carbocycles. The molecule has 18 heavy (non-hydrogen) atoms. The predicted molar refractivity (Wildman–Crippen MR) is 75.6 cm³/mol. The zero-order valence-electron chi connectivity index (χ0n) is 10.5. The van der Waals surface area contributed by atoms with Crippen molar-refractivity contribution in [3.05, 3.63) is 52.5 Å². The summed E-state index contributed by atoms with van der Waals surface area (Å²) in [5.74, 6) is 0.827. The Labute approximate surface area is 112 Å². The molecule has 1 aliphatic rings. The molecule has 0 amide bonds. The number of aromatic nitrogens is 1. The fraction of sp³-hybridized carbons (Fsp3) is 0.400. The van der Waals surface area contributed by atoms with Crippen LogP contribution in [0.3, 0.4) is 0 Å². The Morgan fingerprint density at radius 2 is 2.06 bits per heavy atom. The SMILES string of the molecule is C[C@H](NC(c1cccs1)C1CC1)c1ccncc1. The lowest BCUT2D eigenvalue weighted by atomic mass is 10.1. The van der Waals surface area contributed by atoms with Crippen molar-refractivity contribution in [3.63, 3.8) is 0 Å². The van der Waals surface area contributed by atoms with Crippen LogP contribution in [0.5, 0.6) is 0 Å². The molecule has 1 unspecified atom stereocenters. The average Bonchev–Trinajstić information content (AvgIpc) is 3.11. The number of thiophene rings is 1. The second kappa shape index (κ2) is 5.21. The molecule has 0 radical (unpaired) electrons. The van der Waals surface area contributed by atoms with E-state index in [1.165, 1.54) is 23.3 Å². The molecule has 94 valence electrons. The third kappa shape index (κ3) is 2.62. The van der Waals surface area contributed by atoms with Crippen LogP contribution in [0.1, 0.15) is 42.3 Å². The smallest absolute Gasteiger partial charge is 0.0448 e. The van der Waals surface area contributed by atoms with Crippen LogP contribution in [0, 0.1) is 5.92 Å². The second-order valence-electron chi connectivity index (χ2n) is 5.00. The number of rotatable bonds is 5. The van der Waals surface area contributed by atoms with Gasteiger partial charge in [0.1, 0.15) is 0 Å². The van der Waals surface area contributed by atoms with Crippen molar-refractivity contribution in [2.45, 2.75) is 31.8 Å². The van der Waals surface area contributed by atoms with Gasteiger partial charge in [0, 0.05) is 29.4 Å². The molecule has 2 aromatic heterocycles. The average molecular weight is 258 g/mol. The van der Waals surface area contributed by atoms with Gasteiger partial charge >= 0.3 is 0 Å². The number of hydrogen-bond donors (Lipinski definition) is 1. The molecule has 0 bridgehead atoms. The maximum atomic E-state index is 4.08. The molecule has 0 aliphatic heterocycles. The van der Waals surface area contributed by atoms with Crippen molar-refractivity contribution in [2.75, 3.05) is 0 Å². The summed E-state index contributed by atoms with van der Waals surface area (Å²) < 4.78 is 0. The van der Waals surface area contributed by atoms with Gasteiger partial charge in [0.05, 0.1) is 0 Å². The highest BCUT2D eigenvalue weighted by Crippen LogP contribution is 2.43. The summed E-state index contributed by atoms with van der Waals surface area (Å²) in [7, 11) is 0. The Kier molecular flexibility index (Phi) is 3.43. The van der Waals surface area contributed by atoms with Crippen LogP contribution in [0.25, 0.3) is 0 Å². The summed E-state index contributed by atoms with van der Waals surface area (Å²) in [5.41, 5.74) is 1.31. The predicted octanol–water partition coefficient (Wildman–Crippen LogP) is 3.95. The van der Waals surface area contributed by atoms with E-state index in [1.54, 1.807) is 0 Å². The molecule has 2 atom stereocenters. The Morgan fingerprint density at radius 3 is 2.67 bits per heavy atom. The van der Waals surface area contributed by atoms with Gasteiger partial charge in [0.15, 0.2) is 0 Å². The van der Waals surface area contributed by atoms with E-state index in [9.17, 15) is 0 Å². The highest BCUT2D eigenvalue weighted by molar-refractivity contribution is 7.10. The van der Waals surface area contributed by atoms with Crippen molar-refractivity contribution in [1.82, 2.24) is 10.3 Å². The van der Waals surface area contributed by atoms with Gasteiger partial charge in [-0.2, -0.15) is 0 Å². The summed E-state index contributed by atoms with van der Waals surface area (Å²) in [6, 6.07) is 9.48. The molecule has 1 fully saturated rings. The van der Waals surface area contributed by atoms with E-state index in [-0.39, 0.29) is 0 Å². The molecule has 2 aromatic rings. The number of nitrogens with zero attached hydrogens (tertiary/aromatic N) is 1. The van der Waals surface area contributed by atoms with E-state index in [2.05, 4.69) is 46.9 Å². The van der Waals surface area contributed by atoms with Crippen molar-refractivity contribution >= 4 is 11.3 Å². The van der Waals surface area contributed by atoms with Crippen molar-refractivity contribution in [2.24, 2.45) is 5.92 Å². The van der Waals surface area contributed by atoms with E-state index in [4.69, 9.17) is 0 Å². The number of hydrogen-bond acceptors (Lipinski definition) is 3. The minimum atomic E-state index is 0.376. The highest BCUT2D eigenvalue weighted by atomic mass is 32.1. The van der Waals surface area contributed by atoms with E-state index in [0.29, 0.717) is 12.1 Å². The van der Waals surface area contributed by atoms with Gasteiger partial charge in [-0.05, 0) is 54.8 Å². The normalized spacial score (nSPS) is 18.5. The summed E-state index contributed by atoms with van der Waals surface area (Å²) in [4.78, 5) is 5.55. The Balaban J connectivity index is 1.73. The summed E-state index contributed by atoms with van der Waals surface area (Å²) >= 11 is 1.86. The first-order valence-electron chi connectivity index (χ1n) is 6.54. The first-order chi connectivity index (χ1) is 8.84. The number of pyridine rings is 1. The summed E-state index contributed by atoms with van der Waals surface area (Å²) in [6.45, 7) is 2.23. The zero-order chi connectivity index (χ0) is 12.4. The van der Waals surface area contributed by atoms with Gasteiger partial charge in [-0.25, -0.2) is 0 Å². The lowest BCUT2D eigenvalue weighted by Crippen LogP contribution is -2.25. The lowest BCUT2D eigenvalue weighted by molar-refractivity contribution is 0.433. The minimum absolute atomic E-state index is 0.376. The van der Waals surface area contributed by atoms with Crippen LogP contribution in [0.4, 0.5) is 0 Å². The number of nitrogens with one attached hydrogen (secondary N) is 1. The fourth-order valence-corrected chi connectivity index (χ4v) is 3.24. The third-order valence-corrected chi connectivity index (χ3v) is 4.53. The zero-order valence-corrected chi connectivity index (χ0v) is 11.4. The van der Waals surface area contributed by atoms with Gasteiger partial charge in [0.2, 0.25) is 0 Å². The quantitative estimate of drug-likeness (QED) is 0.878. The second-order valence-corrected chi connectivity index (χ2v) is 5.98. The van der Waals surface area contributed by atoms with Crippen LogP contribution in [0.2, 0.25) is 0 Å². The molecule has 2 heterocycles. The van der Waals surface area contributed by atoms with Crippen molar-refractivity contribution < 1.29 is 0 Å². The highest BCUT2D eigenvalue weighted by Gasteiger charge is 2.33. The molecule has 0 saturated heterocycles. The Hall–Kier alpha value is -1.19. The van der Waals surface area contributed by atoms with Crippen LogP contribution < -0.4 is 5.32 Å².